The van der Waals surface area contributed by atoms with Crippen molar-refractivity contribution in [3.8, 4) is 5.75 Å². The Hall–Kier alpha value is -1.02. The van der Waals surface area contributed by atoms with Gasteiger partial charge in [-0.05, 0) is 50.6 Å². The van der Waals surface area contributed by atoms with Crippen LogP contribution in [-0.2, 0) is 0 Å². The molecule has 0 atom stereocenters. The Kier molecular flexibility index (Phi) is 8.31. The van der Waals surface area contributed by atoms with Crippen LogP contribution in [0.2, 0.25) is 0 Å². The normalized spacial score (nSPS) is 10.9. The minimum absolute atomic E-state index is 0.789. The number of unbranched alkanes of at least 4 members (excludes halogenated alkanes) is 2. The van der Waals surface area contributed by atoms with Gasteiger partial charge in [0.15, 0.2) is 0 Å². The van der Waals surface area contributed by atoms with E-state index >= 15 is 0 Å². The van der Waals surface area contributed by atoms with Crippen LogP contribution in [0.1, 0.15) is 45.1 Å². The fourth-order valence-corrected chi connectivity index (χ4v) is 2.10. The molecule has 0 aliphatic rings. The second kappa shape index (κ2) is 9.85. The first-order valence-corrected chi connectivity index (χ1v) is 7.68. The quantitative estimate of drug-likeness (QED) is 0.625. The molecule has 0 radical (unpaired) electrons. The molecule has 0 amide bonds. The zero-order valence-electron chi connectivity index (χ0n) is 12.8. The number of benzene rings is 1. The summed E-state index contributed by atoms with van der Waals surface area (Å²) in [4.78, 5) is 2.53. The number of hydrogen-bond acceptors (Lipinski definition) is 2. The fraction of sp³-hybridized carbons (Fsp3) is 0.647. The molecular weight excluding hydrogens is 234 g/mol. The summed E-state index contributed by atoms with van der Waals surface area (Å²) in [6.07, 6.45) is 5.10. The van der Waals surface area contributed by atoms with Crippen LogP contribution in [0.15, 0.2) is 24.3 Å². The van der Waals surface area contributed by atoms with E-state index in [4.69, 9.17) is 4.74 Å². The van der Waals surface area contributed by atoms with Crippen LogP contribution in [0, 0.1) is 6.92 Å². The van der Waals surface area contributed by atoms with Crippen LogP contribution < -0.4 is 4.74 Å². The summed E-state index contributed by atoms with van der Waals surface area (Å²) < 4.78 is 5.84. The van der Waals surface area contributed by atoms with Gasteiger partial charge in [0.25, 0.3) is 0 Å². The number of ether oxygens (including phenoxy) is 1. The first-order valence-electron chi connectivity index (χ1n) is 7.68. The van der Waals surface area contributed by atoms with Crippen molar-refractivity contribution in [2.45, 2.75) is 46.5 Å². The lowest BCUT2D eigenvalue weighted by atomic mass is 10.2. The van der Waals surface area contributed by atoms with E-state index in [1.807, 2.05) is 6.07 Å². The SMILES string of the molecule is CCCCN(CCCC)CCOc1cccc(C)c1. The highest BCUT2D eigenvalue weighted by Crippen LogP contribution is 2.12. The Bertz CT molecular complexity index is 330. The van der Waals surface area contributed by atoms with Gasteiger partial charge in [-0.3, -0.25) is 4.90 Å². The molecule has 2 heteroatoms. The van der Waals surface area contributed by atoms with E-state index in [0.717, 1.165) is 18.9 Å². The Morgan fingerprint density at radius 1 is 1.00 bits per heavy atom. The van der Waals surface area contributed by atoms with Crippen LogP contribution in [0.25, 0.3) is 0 Å². The fourth-order valence-electron chi connectivity index (χ4n) is 2.10. The predicted molar refractivity (Wildman–Crippen MR) is 82.9 cm³/mol. The second-order valence-corrected chi connectivity index (χ2v) is 5.21. The number of nitrogens with zero attached hydrogens (tertiary/aromatic N) is 1. The molecule has 1 aromatic rings. The van der Waals surface area contributed by atoms with Gasteiger partial charge in [-0.25, -0.2) is 0 Å². The monoisotopic (exact) mass is 263 g/mol. The minimum atomic E-state index is 0.789. The first-order chi connectivity index (χ1) is 9.26. The van der Waals surface area contributed by atoms with Crippen LogP contribution in [0.4, 0.5) is 0 Å². The lowest BCUT2D eigenvalue weighted by Gasteiger charge is -2.22. The third-order valence-corrected chi connectivity index (χ3v) is 3.32. The predicted octanol–water partition coefficient (Wildman–Crippen LogP) is 4.28. The maximum absolute atomic E-state index is 5.84. The van der Waals surface area contributed by atoms with Crippen molar-refractivity contribution in [1.29, 1.82) is 0 Å². The molecule has 0 saturated carbocycles. The third-order valence-electron chi connectivity index (χ3n) is 3.32. The van der Waals surface area contributed by atoms with Gasteiger partial charge < -0.3 is 4.74 Å². The molecule has 0 unspecified atom stereocenters. The average Bonchev–Trinajstić information content (AvgIpc) is 2.41. The van der Waals surface area contributed by atoms with Crippen molar-refractivity contribution < 1.29 is 4.74 Å². The van der Waals surface area contributed by atoms with E-state index in [1.165, 1.54) is 44.3 Å². The van der Waals surface area contributed by atoms with E-state index in [0.29, 0.717) is 0 Å². The van der Waals surface area contributed by atoms with E-state index in [9.17, 15) is 0 Å². The highest BCUT2D eigenvalue weighted by atomic mass is 16.5. The molecule has 0 saturated heterocycles. The van der Waals surface area contributed by atoms with Crippen molar-refractivity contribution in [3.63, 3.8) is 0 Å². The zero-order valence-corrected chi connectivity index (χ0v) is 12.8. The molecular formula is C17H29NO. The van der Waals surface area contributed by atoms with Crippen LogP contribution >= 0.6 is 0 Å². The van der Waals surface area contributed by atoms with Gasteiger partial charge in [0.05, 0.1) is 0 Å². The molecule has 0 aromatic heterocycles. The van der Waals surface area contributed by atoms with E-state index in [2.05, 4.69) is 43.9 Å². The summed E-state index contributed by atoms with van der Waals surface area (Å²) in [6, 6.07) is 8.29. The molecule has 19 heavy (non-hydrogen) atoms. The van der Waals surface area contributed by atoms with Gasteiger partial charge in [-0.15, -0.1) is 0 Å². The lowest BCUT2D eigenvalue weighted by molar-refractivity contribution is 0.204. The van der Waals surface area contributed by atoms with Gasteiger partial charge in [0, 0.05) is 6.54 Å². The smallest absolute Gasteiger partial charge is 0.119 e. The summed E-state index contributed by atoms with van der Waals surface area (Å²) in [6.45, 7) is 10.8. The number of rotatable bonds is 10. The van der Waals surface area contributed by atoms with E-state index in [1.54, 1.807) is 0 Å². The standard InChI is InChI=1S/C17H29NO/c1-4-6-11-18(12-7-5-2)13-14-19-17-10-8-9-16(3)15-17/h8-10,15H,4-7,11-14H2,1-3H3. The van der Waals surface area contributed by atoms with Crippen molar-refractivity contribution in [2.75, 3.05) is 26.2 Å². The molecule has 0 fully saturated rings. The van der Waals surface area contributed by atoms with Crippen molar-refractivity contribution in [3.05, 3.63) is 29.8 Å². The molecule has 0 N–H and O–H groups in total. The Morgan fingerprint density at radius 3 is 2.26 bits per heavy atom. The molecule has 1 aromatic carbocycles. The topological polar surface area (TPSA) is 12.5 Å². The largest absolute Gasteiger partial charge is 0.492 e. The maximum Gasteiger partial charge on any atom is 0.119 e. The van der Waals surface area contributed by atoms with E-state index < -0.39 is 0 Å². The summed E-state index contributed by atoms with van der Waals surface area (Å²) in [5.41, 5.74) is 1.26. The summed E-state index contributed by atoms with van der Waals surface area (Å²) in [7, 11) is 0. The van der Waals surface area contributed by atoms with Crippen molar-refractivity contribution >= 4 is 0 Å². The lowest BCUT2D eigenvalue weighted by Crippen LogP contribution is -2.30. The van der Waals surface area contributed by atoms with E-state index in [-0.39, 0.29) is 0 Å². The molecule has 0 heterocycles. The Labute approximate surface area is 118 Å². The third kappa shape index (κ3) is 7.22. The summed E-state index contributed by atoms with van der Waals surface area (Å²) >= 11 is 0. The molecule has 108 valence electrons. The molecule has 0 spiro atoms. The molecule has 2 nitrogen and oxygen atoms in total. The van der Waals surface area contributed by atoms with Crippen molar-refractivity contribution in [2.24, 2.45) is 0 Å². The highest BCUT2D eigenvalue weighted by molar-refractivity contribution is 5.27. The van der Waals surface area contributed by atoms with Crippen LogP contribution in [-0.4, -0.2) is 31.1 Å². The van der Waals surface area contributed by atoms with Gasteiger partial charge in [-0.2, -0.15) is 0 Å². The highest BCUT2D eigenvalue weighted by Gasteiger charge is 2.04. The summed E-state index contributed by atoms with van der Waals surface area (Å²) in [5, 5.41) is 0. The average molecular weight is 263 g/mol. The Morgan fingerprint density at radius 2 is 1.68 bits per heavy atom. The zero-order chi connectivity index (χ0) is 13.9. The van der Waals surface area contributed by atoms with Crippen molar-refractivity contribution in [1.82, 2.24) is 4.90 Å². The van der Waals surface area contributed by atoms with Crippen LogP contribution in [0.5, 0.6) is 5.75 Å². The van der Waals surface area contributed by atoms with Gasteiger partial charge in [-0.1, -0.05) is 38.8 Å². The molecule has 0 aliphatic heterocycles. The first kappa shape index (κ1) is 16.0. The maximum atomic E-state index is 5.84. The minimum Gasteiger partial charge on any atom is -0.492 e. The molecule has 0 aliphatic carbocycles. The second-order valence-electron chi connectivity index (χ2n) is 5.21. The van der Waals surface area contributed by atoms with Gasteiger partial charge >= 0.3 is 0 Å². The van der Waals surface area contributed by atoms with Gasteiger partial charge in [0.1, 0.15) is 12.4 Å². The number of aryl methyl sites for hydroxylation is 1. The van der Waals surface area contributed by atoms with Gasteiger partial charge in [0.2, 0.25) is 0 Å². The summed E-state index contributed by atoms with van der Waals surface area (Å²) in [5.74, 6) is 0.992. The van der Waals surface area contributed by atoms with Crippen LogP contribution in [0.3, 0.4) is 0 Å². The Balaban J connectivity index is 2.29. The molecule has 1 rings (SSSR count). The molecule has 0 bridgehead atoms. The number of hydrogen-bond donors (Lipinski definition) is 0.